The topological polar surface area (TPSA) is 45.0 Å². The Labute approximate surface area is 88.9 Å². The van der Waals surface area contributed by atoms with Crippen molar-refractivity contribution in [3.05, 3.63) is 35.5 Å². The average Bonchev–Trinajstić information content (AvgIpc) is 2.54. The first-order valence-electron chi connectivity index (χ1n) is 5.29. The Kier molecular flexibility index (Phi) is 1.84. The number of fused-ring (bicyclic) bond motifs is 3. The van der Waals surface area contributed by atoms with Crippen LogP contribution in [0.5, 0.6) is 0 Å². The van der Waals surface area contributed by atoms with Crippen LogP contribution in [0.1, 0.15) is 17.3 Å². The Bertz CT molecular complexity index is 501. The maximum absolute atomic E-state index is 6.19. The summed E-state index contributed by atoms with van der Waals surface area (Å²) in [5.74, 6) is 0. The number of nitrogens with zero attached hydrogens (tertiary/aromatic N) is 1. The minimum atomic E-state index is 0.134. The molecule has 0 fully saturated rings. The normalized spacial score (nSPS) is 21.9. The lowest BCUT2D eigenvalue weighted by Crippen LogP contribution is -2.34. The van der Waals surface area contributed by atoms with Crippen molar-refractivity contribution in [1.29, 1.82) is 0 Å². The second-order valence-electron chi connectivity index (χ2n) is 4.37. The van der Waals surface area contributed by atoms with Crippen LogP contribution >= 0.6 is 0 Å². The highest BCUT2D eigenvalue weighted by Gasteiger charge is 2.24. The monoisotopic (exact) mass is 201 g/mol. The number of rotatable bonds is 0. The number of H-pyrrole nitrogens is 1. The molecular formula is C12H15N3. The van der Waals surface area contributed by atoms with Gasteiger partial charge in [0.25, 0.3) is 0 Å². The fraction of sp³-hybridized carbons (Fsp3) is 0.333. The number of hydrogen-bond donors (Lipinski definition) is 2. The van der Waals surface area contributed by atoms with Crippen molar-refractivity contribution in [2.45, 2.75) is 12.6 Å². The van der Waals surface area contributed by atoms with Crippen molar-refractivity contribution in [1.82, 2.24) is 9.88 Å². The molecule has 2 heterocycles. The summed E-state index contributed by atoms with van der Waals surface area (Å²) >= 11 is 0. The van der Waals surface area contributed by atoms with E-state index in [1.165, 1.54) is 22.2 Å². The summed E-state index contributed by atoms with van der Waals surface area (Å²) in [7, 11) is 2.11. The van der Waals surface area contributed by atoms with Crippen molar-refractivity contribution in [2.24, 2.45) is 5.73 Å². The Morgan fingerprint density at radius 3 is 3.07 bits per heavy atom. The van der Waals surface area contributed by atoms with Crippen LogP contribution in [0.3, 0.4) is 0 Å². The van der Waals surface area contributed by atoms with Crippen molar-refractivity contribution in [3.8, 4) is 0 Å². The van der Waals surface area contributed by atoms with Gasteiger partial charge in [-0.1, -0.05) is 18.2 Å². The van der Waals surface area contributed by atoms with Gasteiger partial charge in [-0.2, -0.15) is 0 Å². The molecule has 0 radical (unpaired) electrons. The van der Waals surface area contributed by atoms with Crippen LogP contribution in [0.4, 0.5) is 0 Å². The second-order valence-corrected chi connectivity index (χ2v) is 4.37. The van der Waals surface area contributed by atoms with E-state index in [4.69, 9.17) is 5.73 Å². The van der Waals surface area contributed by atoms with Gasteiger partial charge in [0, 0.05) is 41.3 Å². The number of aromatic nitrogens is 1. The number of nitrogens with one attached hydrogen (secondary N) is 1. The average molecular weight is 201 g/mol. The molecular weight excluding hydrogens is 186 g/mol. The van der Waals surface area contributed by atoms with E-state index in [-0.39, 0.29) is 6.04 Å². The standard InChI is InChI=1S/C12H15N3/c1-15-6-9(13)12-8-4-2-3-5-10(8)14-11(12)7-15/h2-5,9,14H,6-7,13H2,1H3. The lowest BCUT2D eigenvalue weighted by atomic mass is 9.99. The van der Waals surface area contributed by atoms with Crippen molar-refractivity contribution < 1.29 is 0 Å². The van der Waals surface area contributed by atoms with Gasteiger partial charge in [0.1, 0.15) is 0 Å². The second kappa shape index (κ2) is 3.08. The zero-order valence-electron chi connectivity index (χ0n) is 8.83. The molecule has 0 aliphatic carbocycles. The van der Waals surface area contributed by atoms with E-state index in [2.05, 4.69) is 41.2 Å². The molecule has 1 aromatic carbocycles. The predicted molar refractivity (Wildman–Crippen MR) is 61.6 cm³/mol. The first kappa shape index (κ1) is 8.95. The summed E-state index contributed by atoms with van der Waals surface area (Å²) in [6.07, 6.45) is 0. The number of nitrogens with two attached hydrogens (primary N) is 1. The molecule has 78 valence electrons. The highest BCUT2D eigenvalue weighted by molar-refractivity contribution is 5.85. The summed E-state index contributed by atoms with van der Waals surface area (Å²) < 4.78 is 0. The van der Waals surface area contributed by atoms with Crippen molar-refractivity contribution in [2.75, 3.05) is 13.6 Å². The molecule has 0 amide bonds. The van der Waals surface area contributed by atoms with Crippen molar-refractivity contribution in [3.63, 3.8) is 0 Å². The van der Waals surface area contributed by atoms with E-state index >= 15 is 0 Å². The molecule has 3 N–H and O–H groups in total. The molecule has 0 saturated carbocycles. The molecule has 3 nitrogen and oxygen atoms in total. The zero-order valence-corrected chi connectivity index (χ0v) is 8.83. The first-order chi connectivity index (χ1) is 7.25. The Balaban J connectivity index is 2.27. The highest BCUT2D eigenvalue weighted by atomic mass is 15.1. The Morgan fingerprint density at radius 2 is 2.20 bits per heavy atom. The van der Waals surface area contributed by atoms with Crippen molar-refractivity contribution >= 4 is 10.9 Å². The molecule has 1 aliphatic rings. The fourth-order valence-electron chi connectivity index (χ4n) is 2.53. The maximum atomic E-state index is 6.19. The summed E-state index contributed by atoms with van der Waals surface area (Å²) in [6.45, 7) is 1.91. The molecule has 1 aliphatic heterocycles. The van der Waals surface area contributed by atoms with Gasteiger partial charge in [-0.25, -0.2) is 0 Å². The number of aromatic amines is 1. The van der Waals surface area contributed by atoms with Gasteiger partial charge in [0.15, 0.2) is 0 Å². The van der Waals surface area contributed by atoms with Gasteiger partial charge in [-0.15, -0.1) is 0 Å². The minimum absolute atomic E-state index is 0.134. The van der Waals surface area contributed by atoms with Crippen LogP contribution in [-0.4, -0.2) is 23.5 Å². The summed E-state index contributed by atoms with van der Waals surface area (Å²) in [5, 5.41) is 1.29. The summed E-state index contributed by atoms with van der Waals surface area (Å²) in [6, 6.07) is 8.52. The SMILES string of the molecule is CN1Cc2[nH]c3ccccc3c2C(N)C1. The van der Waals surface area contributed by atoms with Crippen LogP contribution in [0.2, 0.25) is 0 Å². The third-order valence-electron chi connectivity index (χ3n) is 3.14. The first-order valence-corrected chi connectivity index (χ1v) is 5.29. The summed E-state index contributed by atoms with van der Waals surface area (Å²) in [5.41, 5.74) is 9.97. The Hall–Kier alpha value is -1.32. The highest BCUT2D eigenvalue weighted by Crippen LogP contribution is 2.31. The molecule has 1 atom stereocenters. The molecule has 0 saturated heterocycles. The molecule has 0 spiro atoms. The van der Waals surface area contributed by atoms with Gasteiger partial charge in [-0.05, 0) is 13.1 Å². The number of likely N-dealkylation sites (N-methyl/N-ethyl adjacent to an activating group) is 1. The van der Waals surface area contributed by atoms with Crippen LogP contribution < -0.4 is 5.73 Å². The lowest BCUT2D eigenvalue weighted by Gasteiger charge is -2.27. The smallest absolute Gasteiger partial charge is 0.0459 e. The molecule has 1 unspecified atom stereocenters. The van der Waals surface area contributed by atoms with E-state index in [0.29, 0.717) is 0 Å². The molecule has 2 aromatic rings. The minimum Gasteiger partial charge on any atom is -0.357 e. The third-order valence-corrected chi connectivity index (χ3v) is 3.14. The van der Waals surface area contributed by atoms with E-state index in [0.717, 1.165) is 13.1 Å². The largest absolute Gasteiger partial charge is 0.357 e. The van der Waals surface area contributed by atoms with Gasteiger partial charge in [0.2, 0.25) is 0 Å². The quantitative estimate of drug-likeness (QED) is 0.680. The van der Waals surface area contributed by atoms with Crippen LogP contribution in [-0.2, 0) is 6.54 Å². The number of hydrogen-bond acceptors (Lipinski definition) is 2. The van der Waals surface area contributed by atoms with E-state index in [9.17, 15) is 0 Å². The summed E-state index contributed by atoms with van der Waals surface area (Å²) in [4.78, 5) is 5.71. The zero-order chi connectivity index (χ0) is 10.4. The van der Waals surface area contributed by atoms with Gasteiger partial charge >= 0.3 is 0 Å². The lowest BCUT2D eigenvalue weighted by molar-refractivity contribution is 0.281. The number of para-hydroxylation sites is 1. The van der Waals surface area contributed by atoms with Crippen LogP contribution in [0, 0.1) is 0 Å². The van der Waals surface area contributed by atoms with Gasteiger partial charge in [0.05, 0.1) is 0 Å². The predicted octanol–water partition coefficient (Wildman–Crippen LogP) is 1.61. The van der Waals surface area contributed by atoms with E-state index in [1.54, 1.807) is 0 Å². The fourth-order valence-corrected chi connectivity index (χ4v) is 2.53. The third kappa shape index (κ3) is 1.28. The van der Waals surface area contributed by atoms with Gasteiger partial charge < -0.3 is 10.7 Å². The molecule has 1 aromatic heterocycles. The molecule has 3 heteroatoms. The Morgan fingerprint density at radius 1 is 1.40 bits per heavy atom. The van der Waals surface area contributed by atoms with Crippen LogP contribution in [0.15, 0.2) is 24.3 Å². The van der Waals surface area contributed by atoms with Gasteiger partial charge in [-0.3, -0.25) is 4.90 Å². The molecule has 15 heavy (non-hydrogen) atoms. The molecule has 0 bridgehead atoms. The maximum Gasteiger partial charge on any atom is 0.0459 e. The van der Waals surface area contributed by atoms with Crippen LogP contribution in [0.25, 0.3) is 10.9 Å². The number of benzene rings is 1. The van der Waals surface area contributed by atoms with E-state index in [1.807, 2.05) is 0 Å². The molecule has 3 rings (SSSR count). The van der Waals surface area contributed by atoms with E-state index < -0.39 is 0 Å².